The summed E-state index contributed by atoms with van der Waals surface area (Å²) in [4.78, 5) is 15.6. The highest BCUT2D eigenvalue weighted by Crippen LogP contribution is 2.19. The number of hydrogen-bond donors (Lipinski definition) is 2. The molecule has 4 heteroatoms. The maximum absolute atomic E-state index is 11.4. The van der Waals surface area contributed by atoms with Crippen LogP contribution in [-0.4, -0.2) is 17.9 Å². The zero-order chi connectivity index (χ0) is 10.8. The topological polar surface area (TPSA) is 68.0 Å². The van der Waals surface area contributed by atoms with Gasteiger partial charge in [0.25, 0.3) is 5.91 Å². The van der Waals surface area contributed by atoms with Crippen LogP contribution in [0.2, 0.25) is 0 Å². The van der Waals surface area contributed by atoms with Crippen LogP contribution in [0.3, 0.4) is 0 Å². The summed E-state index contributed by atoms with van der Waals surface area (Å²) >= 11 is 0. The number of para-hydroxylation sites is 1. The maximum atomic E-state index is 11.4. The molecule has 4 nitrogen and oxygen atoms in total. The Bertz CT molecular complexity index is 522. The second-order valence-electron chi connectivity index (χ2n) is 3.19. The Hall–Kier alpha value is -2.10. The predicted molar refractivity (Wildman–Crippen MR) is 59.5 cm³/mol. The average Bonchev–Trinajstić information content (AvgIpc) is 2.28. The Morgan fingerprint density at radius 1 is 1.40 bits per heavy atom. The van der Waals surface area contributed by atoms with E-state index in [9.17, 15) is 4.79 Å². The van der Waals surface area contributed by atoms with E-state index < -0.39 is 0 Å². The zero-order valence-corrected chi connectivity index (χ0v) is 8.32. The second kappa shape index (κ2) is 3.57. The molecular weight excluding hydrogens is 190 g/mol. The number of carbonyl (C=O) groups excluding carboxylic acids is 1. The van der Waals surface area contributed by atoms with Crippen molar-refractivity contribution in [3.8, 4) is 0 Å². The monoisotopic (exact) mass is 201 g/mol. The summed E-state index contributed by atoms with van der Waals surface area (Å²) in [5.41, 5.74) is 7.47. The Balaban J connectivity index is 2.67. The van der Waals surface area contributed by atoms with Gasteiger partial charge in [-0.25, -0.2) is 4.98 Å². The van der Waals surface area contributed by atoms with Gasteiger partial charge in [-0.3, -0.25) is 4.79 Å². The van der Waals surface area contributed by atoms with Gasteiger partial charge < -0.3 is 11.1 Å². The standard InChI is InChI=1S/C11H11N3O/c1-13-11(15)10-6-8(12)7-4-2-3-5-9(7)14-10/h2-6H,1H3,(H2,12,14)(H,13,15). The lowest BCUT2D eigenvalue weighted by molar-refractivity contribution is 0.0958. The molecule has 0 bridgehead atoms. The van der Waals surface area contributed by atoms with E-state index in [1.54, 1.807) is 13.1 Å². The van der Waals surface area contributed by atoms with E-state index in [2.05, 4.69) is 10.3 Å². The molecule has 0 atom stereocenters. The highest BCUT2D eigenvalue weighted by Gasteiger charge is 2.08. The fraction of sp³-hybridized carbons (Fsp3) is 0.0909. The first-order chi connectivity index (χ1) is 7.22. The number of anilines is 1. The van der Waals surface area contributed by atoms with Crippen LogP contribution in [0.1, 0.15) is 10.5 Å². The number of nitrogens with zero attached hydrogens (tertiary/aromatic N) is 1. The smallest absolute Gasteiger partial charge is 0.269 e. The third kappa shape index (κ3) is 1.61. The summed E-state index contributed by atoms with van der Waals surface area (Å²) in [6, 6.07) is 9.05. The van der Waals surface area contributed by atoms with E-state index >= 15 is 0 Å². The van der Waals surface area contributed by atoms with Gasteiger partial charge in [-0.15, -0.1) is 0 Å². The van der Waals surface area contributed by atoms with Gasteiger partial charge in [-0.05, 0) is 12.1 Å². The quantitative estimate of drug-likeness (QED) is 0.727. The minimum Gasteiger partial charge on any atom is -0.398 e. The number of hydrogen-bond acceptors (Lipinski definition) is 3. The second-order valence-corrected chi connectivity index (χ2v) is 3.19. The Labute approximate surface area is 87.1 Å². The summed E-state index contributed by atoms with van der Waals surface area (Å²) in [5.74, 6) is -0.229. The van der Waals surface area contributed by atoms with Crippen molar-refractivity contribution >= 4 is 22.5 Å². The Morgan fingerprint density at radius 2 is 2.13 bits per heavy atom. The lowest BCUT2D eigenvalue weighted by Crippen LogP contribution is -2.19. The molecule has 2 aromatic rings. The summed E-state index contributed by atoms with van der Waals surface area (Å²) in [7, 11) is 1.56. The molecule has 1 heterocycles. The molecule has 0 radical (unpaired) electrons. The van der Waals surface area contributed by atoms with Crippen molar-refractivity contribution in [2.45, 2.75) is 0 Å². The summed E-state index contributed by atoms with van der Waals surface area (Å²) in [6.45, 7) is 0. The first-order valence-corrected chi connectivity index (χ1v) is 4.59. The minimum absolute atomic E-state index is 0.229. The normalized spacial score (nSPS) is 10.2. The third-order valence-electron chi connectivity index (χ3n) is 2.21. The van der Waals surface area contributed by atoms with Crippen molar-refractivity contribution in [2.24, 2.45) is 0 Å². The zero-order valence-electron chi connectivity index (χ0n) is 8.32. The van der Waals surface area contributed by atoms with Crippen molar-refractivity contribution in [2.75, 3.05) is 12.8 Å². The van der Waals surface area contributed by atoms with E-state index in [0.29, 0.717) is 11.4 Å². The van der Waals surface area contributed by atoms with E-state index in [4.69, 9.17) is 5.73 Å². The molecule has 0 aliphatic heterocycles. The van der Waals surface area contributed by atoms with Gasteiger partial charge in [0, 0.05) is 18.1 Å². The number of aromatic nitrogens is 1. The summed E-state index contributed by atoms with van der Waals surface area (Å²) in [5, 5.41) is 3.38. The minimum atomic E-state index is -0.229. The summed E-state index contributed by atoms with van der Waals surface area (Å²) in [6.07, 6.45) is 0. The van der Waals surface area contributed by atoms with Crippen LogP contribution in [0.15, 0.2) is 30.3 Å². The molecule has 3 N–H and O–H groups in total. The van der Waals surface area contributed by atoms with Crippen molar-refractivity contribution < 1.29 is 4.79 Å². The molecule has 76 valence electrons. The molecule has 0 saturated heterocycles. The number of nitrogen functional groups attached to an aromatic ring is 1. The van der Waals surface area contributed by atoms with Gasteiger partial charge in [-0.2, -0.15) is 0 Å². The first-order valence-electron chi connectivity index (χ1n) is 4.59. The fourth-order valence-corrected chi connectivity index (χ4v) is 1.45. The van der Waals surface area contributed by atoms with E-state index in [-0.39, 0.29) is 5.91 Å². The van der Waals surface area contributed by atoms with Gasteiger partial charge in [-0.1, -0.05) is 18.2 Å². The molecule has 0 aliphatic carbocycles. The molecule has 0 saturated carbocycles. The highest BCUT2D eigenvalue weighted by atomic mass is 16.1. The number of pyridine rings is 1. The van der Waals surface area contributed by atoms with Crippen LogP contribution in [0, 0.1) is 0 Å². The Kier molecular flexibility index (Phi) is 2.25. The van der Waals surface area contributed by atoms with Crippen molar-refractivity contribution in [3.05, 3.63) is 36.0 Å². The van der Waals surface area contributed by atoms with Crippen LogP contribution >= 0.6 is 0 Å². The van der Waals surface area contributed by atoms with Crippen LogP contribution in [-0.2, 0) is 0 Å². The van der Waals surface area contributed by atoms with Crippen LogP contribution < -0.4 is 11.1 Å². The van der Waals surface area contributed by atoms with E-state index in [1.165, 1.54) is 0 Å². The largest absolute Gasteiger partial charge is 0.398 e. The van der Waals surface area contributed by atoms with Crippen molar-refractivity contribution in [1.82, 2.24) is 10.3 Å². The first kappa shape index (κ1) is 9.45. The number of nitrogens with two attached hydrogens (primary N) is 1. The number of fused-ring (bicyclic) bond motifs is 1. The number of nitrogens with one attached hydrogen (secondary N) is 1. The van der Waals surface area contributed by atoms with Crippen LogP contribution in [0.4, 0.5) is 5.69 Å². The van der Waals surface area contributed by atoms with Crippen molar-refractivity contribution in [3.63, 3.8) is 0 Å². The van der Waals surface area contributed by atoms with Crippen molar-refractivity contribution in [1.29, 1.82) is 0 Å². The van der Waals surface area contributed by atoms with Gasteiger partial charge in [0.1, 0.15) is 5.69 Å². The average molecular weight is 201 g/mol. The molecule has 15 heavy (non-hydrogen) atoms. The summed E-state index contributed by atoms with van der Waals surface area (Å²) < 4.78 is 0. The molecule has 1 aromatic heterocycles. The van der Waals surface area contributed by atoms with E-state index in [1.807, 2.05) is 24.3 Å². The number of amides is 1. The fourth-order valence-electron chi connectivity index (χ4n) is 1.45. The molecule has 0 aliphatic rings. The molecular formula is C11H11N3O. The van der Waals surface area contributed by atoms with Gasteiger partial charge in [0.15, 0.2) is 0 Å². The van der Waals surface area contributed by atoms with Crippen LogP contribution in [0.5, 0.6) is 0 Å². The highest BCUT2D eigenvalue weighted by molar-refractivity contribution is 5.98. The lowest BCUT2D eigenvalue weighted by atomic mass is 10.1. The van der Waals surface area contributed by atoms with Crippen LogP contribution in [0.25, 0.3) is 10.9 Å². The molecule has 1 aromatic carbocycles. The maximum Gasteiger partial charge on any atom is 0.269 e. The molecule has 2 rings (SSSR count). The third-order valence-corrected chi connectivity index (χ3v) is 2.21. The number of benzene rings is 1. The molecule has 1 amide bonds. The number of rotatable bonds is 1. The predicted octanol–water partition coefficient (Wildman–Crippen LogP) is 1.18. The molecule has 0 spiro atoms. The Morgan fingerprint density at radius 3 is 2.87 bits per heavy atom. The van der Waals surface area contributed by atoms with Gasteiger partial charge in [0.05, 0.1) is 5.52 Å². The molecule has 0 unspecified atom stereocenters. The lowest BCUT2D eigenvalue weighted by Gasteiger charge is -2.04. The van der Waals surface area contributed by atoms with Gasteiger partial charge in [0.2, 0.25) is 0 Å². The molecule has 0 fully saturated rings. The number of carbonyl (C=O) groups is 1. The van der Waals surface area contributed by atoms with E-state index in [0.717, 1.165) is 10.9 Å². The SMILES string of the molecule is CNC(=O)c1cc(N)c2ccccc2n1. The van der Waals surface area contributed by atoms with Gasteiger partial charge >= 0.3 is 0 Å².